The van der Waals surface area contributed by atoms with Gasteiger partial charge in [-0.2, -0.15) is 0 Å². The van der Waals surface area contributed by atoms with Gasteiger partial charge in [-0.05, 0) is 42.9 Å². The molecule has 4 rings (SSSR count). The fraction of sp³-hybridized carbons (Fsp3) is 0.154. The van der Waals surface area contributed by atoms with Gasteiger partial charge in [0, 0.05) is 16.1 Å². The van der Waals surface area contributed by atoms with Gasteiger partial charge in [0.25, 0.3) is 0 Å². The molecule has 28 heavy (non-hydrogen) atoms. The summed E-state index contributed by atoms with van der Waals surface area (Å²) in [6.45, 7) is 4.51. The van der Waals surface area contributed by atoms with Gasteiger partial charge >= 0.3 is 0 Å². The molecule has 0 aromatic heterocycles. The monoisotopic (exact) mass is 400 g/mol. The zero-order valence-corrected chi connectivity index (χ0v) is 18.0. The zero-order chi connectivity index (χ0) is 19.3. The van der Waals surface area contributed by atoms with E-state index in [0.717, 1.165) is 0 Å². The van der Waals surface area contributed by atoms with Crippen LogP contribution in [0.3, 0.4) is 0 Å². The van der Waals surface area contributed by atoms with Gasteiger partial charge in [-0.15, -0.1) is 11.8 Å². The van der Waals surface area contributed by atoms with Gasteiger partial charge < -0.3 is 0 Å². The Kier molecular flexibility index (Phi) is 6.15. The summed E-state index contributed by atoms with van der Waals surface area (Å²) in [5.74, 6) is 0.456. The Morgan fingerprint density at radius 3 is 1.93 bits per heavy atom. The van der Waals surface area contributed by atoms with Crippen molar-refractivity contribution in [2.24, 2.45) is 5.92 Å². The number of hydrogen-bond acceptors (Lipinski definition) is 1. The Labute approximate surface area is 174 Å². The molecule has 0 aliphatic heterocycles. The first-order chi connectivity index (χ1) is 13.7. The standard InChI is InChI=1S/C26H25PS/c1-20-16-18-24(19-17-20)28-21(2)25-14-9-15-26(25)27(22-10-5-3-6-11-22)23-12-7-4-8-13-23/h3-19,21,25H,1-2H3/t21-,25?/m0/s1. The van der Waals surface area contributed by atoms with Crippen molar-refractivity contribution in [1.82, 2.24) is 0 Å². The molecule has 0 saturated heterocycles. The molecule has 0 heterocycles. The molecule has 0 nitrogen and oxygen atoms in total. The number of rotatable bonds is 6. The fourth-order valence-electron chi connectivity index (χ4n) is 3.61. The van der Waals surface area contributed by atoms with Crippen molar-refractivity contribution in [2.75, 3.05) is 0 Å². The normalized spacial score (nSPS) is 17.0. The van der Waals surface area contributed by atoms with Gasteiger partial charge in [-0.3, -0.25) is 0 Å². The highest BCUT2D eigenvalue weighted by atomic mass is 32.2. The van der Waals surface area contributed by atoms with Crippen LogP contribution in [0.25, 0.3) is 0 Å². The molecule has 0 spiro atoms. The van der Waals surface area contributed by atoms with Crippen LogP contribution in [0.1, 0.15) is 12.5 Å². The minimum absolute atomic E-state index is 0.456. The van der Waals surface area contributed by atoms with Gasteiger partial charge in [0.15, 0.2) is 0 Å². The summed E-state index contributed by atoms with van der Waals surface area (Å²) in [5, 5.41) is 4.90. The third-order valence-corrected chi connectivity index (χ3v) is 8.86. The lowest BCUT2D eigenvalue weighted by atomic mass is 10.1. The molecule has 1 unspecified atom stereocenters. The second kappa shape index (κ2) is 8.95. The average molecular weight is 401 g/mol. The highest BCUT2D eigenvalue weighted by Crippen LogP contribution is 2.51. The summed E-state index contributed by atoms with van der Waals surface area (Å²) in [6, 6.07) is 30.9. The molecular weight excluding hydrogens is 375 g/mol. The molecule has 140 valence electrons. The summed E-state index contributed by atoms with van der Waals surface area (Å²) in [4.78, 5) is 1.35. The fourth-order valence-corrected chi connectivity index (χ4v) is 7.50. The SMILES string of the molecule is Cc1ccc(S[C@@H](C)C2C=CC=C2P(c2ccccc2)c2ccccc2)cc1. The molecule has 0 N–H and O–H groups in total. The highest BCUT2D eigenvalue weighted by molar-refractivity contribution is 8.00. The van der Waals surface area contributed by atoms with Gasteiger partial charge in [-0.25, -0.2) is 0 Å². The van der Waals surface area contributed by atoms with Crippen LogP contribution in [0.2, 0.25) is 0 Å². The van der Waals surface area contributed by atoms with Crippen LogP contribution in [0.5, 0.6) is 0 Å². The molecule has 2 heteroatoms. The molecule has 0 radical (unpaired) electrons. The van der Waals surface area contributed by atoms with Crippen molar-refractivity contribution < 1.29 is 0 Å². The number of benzene rings is 3. The Morgan fingerprint density at radius 1 is 0.786 bits per heavy atom. The maximum Gasteiger partial charge on any atom is 0.0170 e. The van der Waals surface area contributed by atoms with E-state index in [0.29, 0.717) is 11.2 Å². The minimum atomic E-state index is -0.518. The van der Waals surface area contributed by atoms with Crippen LogP contribution < -0.4 is 10.6 Å². The van der Waals surface area contributed by atoms with Crippen LogP contribution >= 0.6 is 19.7 Å². The van der Waals surface area contributed by atoms with Crippen LogP contribution in [0.4, 0.5) is 0 Å². The van der Waals surface area contributed by atoms with Crippen LogP contribution in [0.15, 0.2) is 113 Å². The van der Waals surface area contributed by atoms with E-state index in [1.165, 1.54) is 21.1 Å². The molecule has 0 amide bonds. The molecule has 1 aliphatic rings. The molecule has 2 atom stereocenters. The second-order valence-corrected chi connectivity index (χ2v) is 10.8. The molecular formula is C26H25PS. The lowest BCUT2D eigenvalue weighted by Crippen LogP contribution is -2.19. The van der Waals surface area contributed by atoms with E-state index < -0.39 is 7.92 Å². The molecule has 3 aromatic carbocycles. The van der Waals surface area contributed by atoms with Gasteiger partial charge in [0.1, 0.15) is 0 Å². The van der Waals surface area contributed by atoms with Crippen molar-refractivity contribution in [3.8, 4) is 0 Å². The van der Waals surface area contributed by atoms with Crippen molar-refractivity contribution in [3.05, 3.63) is 114 Å². The summed E-state index contributed by atoms with van der Waals surface area (Å²) in [5.41, 5.74) is 1.31. The van der Waals surface area contributed by atoms with Gasteiger partial charge in [-0.1, -0.05) is 104 Å². The largest absolute Gasteiger partial charge is 0.122 e. The van der Waals surface area contributed by atoms with Gasteiger partial charge in [0.05, 0.1) is 0 Å². The maximum absolute atomic E-state index is 2.39. The van der Waals surface area contributed by atoms with E-state index in [-0.39, 0.29) is 0 Å². The minimum Gasteiger partial charge on any atom is -0.122 e. The zero-order valence-electron chi connectivity index (χ0n) is 16.3. The molecule has 3 aromatic rings. The van der Waals surface area contributed by atoms with E-state index in [4.69, 9.17) is 0 Å². The Bertz CT molecular complexity index is 919. The predicted molar refractivity (Wildman–Crippen MR) is 126 cm³/mol. The second-order valence-electron chi connectivity index (χ2n) is 7.14. The number of aryl methyl sites for hydroxylation is 1. The highest BCUT2D eigenvalue weighted by Gasteiger charge is 2.29. The third kappa shape index (κ3) is 4.32. The molecule has 0 saturated carbocycles. The molecule has 0 fully saturated rings. The quantitative estimate of drug-likeness (QED) is 0.329. The van der Waals surface area contributed by atoms with Gasteiger partial charge in [0.2, 0.25) is 0 Å². The van der Waals surface area contributed by atoms with Crippen molar-refractivity contribution >= 4 is 30.3 Å². The number of thioether (sulfide) groups is 1. The van der Waals surface area contributed by atoms with E-state index in [1.54, 1.807) is 5.31 Å². The van der Waals surface area contributed by atoms with E-state index >= 15 is 0 Å². The van der Waals surface area contributed by atoms with Crippen LogP contribution in [-0.4, -0.2) is 5.25 Å². The lowest BCUT2D eigenvalue weighted by Gasteiger charge is -2.28. The first-order valence-corrected chi connectivity index (χ1v) is 12.0. The Morgan fingerprint density at radius 2 is 1.36 bits per heavy atom. The summed E-state index contributed by atoms with van der Waals surface area (Å²) in [6.07, 6.45) is 7.01. The summed E-state index contributed by atoms with van der Waals surface area (Å²) < 4.78 is 0. The Hall–Kier alpha value is -2.08. The average Bonchev–Trinajstić information content (AvgIpc) is 3.21. The number of allylic oxidation sites excluding steroid dienone is 4. The number of hydrogen-bond donors (Lipinski definition) is 0. The third-order valence-electron chi connectivity index (χ3n) is 5.06. The van der Waals surface area contributed by atoms with Crippen molar-refractivity contribution in [3.63, 3.8) is 0 Å². The predicted octanol–water partition coefficient (Wildman–Crippen LogP) is 6.68. The van der Waals surface area contributed by atoms with Crippen molar-refractivity contribution in [2.45, 2.75) is 24.0 Å². The Balaban J connectivity index is 1.63. The lowest BCUT2D eigenvalue weighted by molar-refractivity contribution is 0.791. The molecule has 1 aliphatic carbocycles. The van der Waals surface area contributed by atoms with Crippen LogP contribution in [-0.2, 0) is 0 Å². The van der Waals surface area contributed by atoms with Crippen molar-refractivity contribution in [1.29, 1.82) is 0 Å². The first kappa shape index (κ1) is 19.2. The smallest absolute Gasteiger partial charge is 0.0170 e. The van der Waals surface area contributed by atoms with Crippen LogP contribution in [0, 0.1) is 12.8 Å². The maximum atomic E-state index is 2.39. The topological polar surface area (TPSA) is 0 Å². The van der Waals surface area contributed by atoms with E-state index in [2.05, 4.69) is 117 Å². The molecule has 0 bridgehead atoms. The van der Waals surface area contributed by atoms with E-state index in [1.807, 2.05) is 11.8 Å². The van der Waals surface area contributed by atoms with E-state index in [9.17, 15) is 0 Å². The summed E-state index contributed by atoms with van der Waals surface area (Å²) in [7, 11) is -0.518. The summed E-state index contributed by atoms with van der Waals surface area (Å²) >= 11 is 1.98. The first-order valence-electron chi connectivity index (χ1n) is 9.74.